The standard InChI is InChI=1S/C6H3F3NO3S/c7-6(8,9)14(11,12)13-5-2-1-3-10-4-5/h2-4H. The van der Waals surface area contributed by atoms with Crippen LogP contribution in [0.3, 0.4) is 0 Å². The zero-order valence-electron chi connectivity index (χ0n) is 6.45. The normalized spacial score (nSPS) is 12.5. The molecule has 8 heteroatoms. The summed E-state index contributed by atoms with van der Waals surface area (Å²) in [7, 11) is -5.61. The van der Waals surface area contributed by atoms with Crippen LogP contribution >= 0.6 is 0 Å². The molecule has 0 saturated carbocycles. The Morgan fingerprint density at radius 1 is 1.43 bits per heavy atom. The second-order valence-electron chi connectivity index (χ2n) is 2.10. The monoisotopic (exact) mass is 226 g/mol. The van der Waals surface area contributed by atoms with E-state index in [0.29, 0.717) is 0 Å². The van der Waals surface area contributed by atoms with Gasteiger partial charge < -0.3 is 4.18 Å². The van der Waals surface area contributed by atoms with E-state index in [1.165, 1.54) is 0 Å². The first-order chi connectivity index (χ1) is 6.33. The second kappa shape index (κ2) is 3.45. The molecule has 14 heavy (non-hydrogen) atoms. The molecule has 0 saturated heterocycles. The quantitative estimate of drug-likeness (QED) is 0.560. The zero-order chi connectivity index (χ0) is 10.8. The summed E-state index contributed by atoms with van der Waals surface area (Å²) in [6.45, 7) is 0. The van der Waals surface area contributed by atoms with Gasteiger partial charge in [-0.3, -0.25) is 4.98 Å². The lowest BCUT2D eigenvalue weighted by Crippen LogP contribution is -2.28. The van der Waals surface area contributed by atoms with E-state index in [4.69, 9.17) is 0 Å². The minimum atomic E-state index is -5.61. The molecule has 0 aliphatic rings. The number of halogens is 3. The summed E-state index contributed by atoms with van der Waals surface area (Å²) in [5, 5.41) is 0. The summed E-state index contributed by atoms with van der Waals surface area (Å²) in [5.74, 6) is -0.537. The van der Waals surface area contributed by atoms with Gasteiger partial charge in [-0.2, -0.15) is 21.6 Å². The third kappa shape index (κ3) is 2.34. The number of hydrogen-bond acceptors (Lipinski definition) is 4. The van der Waals surface area contributed by atoms with Gasteiger partial charge in [0.05, 0.1) is 6.20 Å². The van der Waals surface area contributed by atoms with Crippen molar-refractivity contribution >= 4 is 10.1 Å². The van der Waals surface area contributed by atoms with Gasteiger partial charge in [0, 0.05) is 12.3 Å². The maximum absolute atomic E-state index is 11.8. The fourth-order valence-electron chi connectivity index (χ4n) is 0.530. The van der Waals surface area contributed by atoms with Gasteiger partial charge in [0.25, 0.3) is 0 Å². The number of pyridine rings is 1. The Kier molecular flexibility index (Phi) is 2.65. The van der Waals surface area contributed by atoms with Crippen LogP contribution in [0.25, 0.3) is 0 Å². The smallest absolute Gasteiger partial charge is 0.374 e. The third-order valence-corrected chi connectivity index (χ3v) is 2.04. The number of nitrogens with zero attached hydrogens (tertiary/aromatic N) is 1. The van der Waals surface area contributed by atoms with Gasteiger partial charge in [0.1, 0.15) is 0 Å². The molecule has 77 valence electrons. The molecule has 0 aliphatic heterocycles. The molecule has 1 aromatic rings. The topological polar surface area (TPSA) is 56.3 Å². The molecule has 1 aromatic heterocycles. The average Bonchev–Trinajstić information content (AvgIpc) is 2.03. The molecular weight excluding hydrogens is 223 g/mol. The summed E-state index contributed by atoms with van der Waals surface area (Å²) < 4.78 is 59.9. The minimum Gasteiger partial charge on any atom is -0.374 e. The highest BCUT2D eigenvalue weighted by molar-refractivity contribution is 7.87. The van der Waals surface area contributed by atoms with Crippen molar-refractivity contribution in [3.05, 3.63) is 24.5 Å². The van der Waals surface area contributed by atoms with E-state index in [2.05, 4.69) is 15.2 Å². The molecule has 0 fully saturated rings. The fourth-order valence-corrected chi connectivity index (χ4v) is 0.969. The van der Waals surface area contributed by atoms with Crippen molar-refractivity contribution in [1.82, 2.24) is 4.98 Å². The average molecular weight is 226 g/mol. The molecular formula is C6H3F3NO3S. The summed E-state index contributed by atoms with van der Waals surface area (Å²) in [6, 6.07) is 3.19. The Hall–Kier alpha value is -1.31. The lowest BCUT2D eigenvalue weighted by molar-refractivity contribution is -0.0500. The lowest BCUT2D eigenvalue weighted by atomic mass is 10.5. The third-order valence-electron chi connectivity index (χ3n) is 1.07. The Balaban J connectivity index is 2.91. The van der Waals surface area contributed by atoms with E-state index in [0.717, 1.165) is 18.5 Å². The van der Waals surface area contributed by atoms with Gasteiger partial charge >= 0.3 is 15.6 Å². The van der Waals surface area contributed by atoms with E-state index in [9.17, 15) is 21.6 Å². The van der Waals surface area contributed by atoms with E-state index < -0.39 is 21.4 Å². The SMILES string of the molecule is O=S(=O)(Oc1c[c]cnc1)C(F)(F)F. The van der Waals surface area contributed by atoms with Gasteiger partial charge in [0.2, 0.25) is 0 Å². The number of rotatable bonds is 2. The Labute approximate surface area is 77.5 Å². The van der Waals surface area contributed by atoms with Crippen LogP contribution < -0.4 is 4.18 Å². The van der Waals surface area contributed by atoms with Gasteiger partial charge in [-0.15, -0.1) is 0 Å². The van der Waals surface area contributed by atoms with Gasteiger partial charge in [-0.25, -0.2) is 0 Å². The van der Waals surface area contributed by atoms with E-state index >= 15 is 0 Å². The molecule has 4 nitrogen and oxygen atoms in total. The molecule has 0 atom stereocenters. The minimum absolute atomic E-state index is 0.537. The fraction of sp³-hybridized carbons (Fsp3) is 0.167. The van der Waals surface area contributed by atoms with Crippen LogP contribution in [-0.4, -0.2) is 18.9 Å². The van der Waals surface area contributed by atoms with Crippen molar-refractivity contribution in [2.24, 2.45) is 0 Å². The molecule has 0 amide bonds. The highest BCUT2D eigenvalue weighted by atomic mass is 32.2. The predicted octanol–water partition coefficient (Wildman–Crippen LogP) is 1.11. The zero-order valence-corrected chi connectivity index (χ0v) is 7.26. The van der Waals surface area contributed by atoms with Crippen LogP contribution in [0.1, 0.15) is 0 Å². The van der Waals surface area contributed by atoms with Crippen molar-refractivity contribution in [3.8, 4) is 5.75 Å². The highest BCUT2D eigenvalue weighted by Gasteiger charge is 2.48. The Bertz CT molecular complexity index is 400. The van der Waals surface area contributed by atoms with Crippen LogP contribution in [0, 0.1) is 6.07 Å². The maximum Gasteiger partial charge on any atom is 0.534 e. The first kappa shape index (κ1) is 10.8. The largest absolute Gasteiger partial charge is 0.534 e. The van der Waals surface area contributed by atoms with Crippen molar-refractivity contribution < 1.29 is 25.8 Å². The van der Waals surface area contributed by atoms with Crippen molar-refractivity contribution in [1.29, 1.82) is 0 Å². The van der Waals surface area contributed by atoms with Crippen LogP contribution in [0.4, 0.5) is 13.2 Å². The van der Waals surface area contributed by atoms with Crippen LogP contribution in [0.5, 0.6) is 5.75 Å². The van der Waals surface area contributed by atoms with E-state index in [-0.39, 0.29) is 0 Å². The van der Waals surface area contributed by atoms with E-state index in [1.807, 2.05) is 0 Å². The van der Waals surface area contributed by atoms with Crippen LogP contribution in [-0.2, 0) is 10.1 Å². The molecule has 1 rings (SSSR count). The van der Waals surface area contributed by atoms with Gasteiger partial charge in [0.15, 0.2) is 5.75 Å². The number of alkyl halides is 3. The molecule has 0 N–H and O–H groups in total. The molecule has 0 aromatic carbocycles. The van der Waals surface area contributed by atoms with Crippen LogP contribution in [0.15, 0.2) is 18.5 Å². The maximum atomic E-state index is 11.8. The van der Waals surface area contributed by atoms with Gasteiger partial charge in [-0.1, -0.05) is 0 Å². The lowest BCUT2D eigenvalue weighted by Gasteiger charge is -2.08. The second-order valence-corrected chi connectivity index (χ2v) is 3.64. The number of hydrogen-bond donors (Lipinski definition) is 0. The summed E-state index contributed by atoms with van der Waals surface area (Å²) in [5.41, 5.74) is -5.44. The molecule has 1 radical (unpaired) electrons. The van der Waals surface area contributed by atoms with Crippen molar-refractivity contribution in [3.63, 3.8) is 0 Å². The van der Waals surface area contributed by atoms with E-state index in [1.54, 1.807) is 0 Å². The predicted molar refractivity (Wildman–Crippen MR) is 38.7 cm³/mol. The van der Waals surface area contributed by atoms with Crippen molar-refractivity contribution in [2.75, 3.05) is 0 Å². The highest BCUT2D eigenvalue weighted by Crippen LogP contribution is 2.26. The van der Waals surface area contributed by atoms with Crippen molar-refractivity contribution in [2.45, 2.75) is 5.51 Å². The summed E-state index contributed by atoms with van der Waals surface area (Å²) in [6.07, 6.45) is 1.98. The first-order valence-corrected chi connectivity index (χ1v) is 4.55. The number of aromatic nitrogens is 1. The first-order valence-electron chi connectivity index (χ1n) is 3.15. The summed E-state index contributed by atoms with van der Waals surface area (Å²) >= 11 is 0. The van der Waals surface area contributed by atoms with Gasteiger partial charge in [-0.05, 0) is 6.07 Å². The molecule has 0 bridgehead atoms. The van der Waals surface area contributed by atoms with Crippen LogP contribution in [0.2, 0.25) is 0 Å². The Morgan fingerprint density at radius 2 is 2.07 bits per heavy atom. The molecule has 0 unspecified atom stereocenters. The molecule has 0 aliphatic carbocycles. The summed E-state index contributed by atoms with van der Waals surface area (Å²) in [4.78, 5) is 3.34. The molecule has 0 spiro atoms. The molecule has 1 heterocycles. The Morgan fingerprint density at radius 3 is 2.50 bits per heavy atom.